The fourth-order valence-electron chi connectivity index (χ4n) is 1.47. The van der Waals surface area contributed by atoms with E-state index in [2.05, 4.69) is 11.9 Å². The van der Waals surface area contributed by atoms with Crippen LogP contribution in [0.2, 0.25) is 0 Å². The Hall–Kier alpha value is -1.09. The molecule has 0 saturated heterocycles. The molecular formula is C11H19N3. The Balaban J connectivity index is 2.47. The van der Waals surface area contributed by atoms with Crippen molar-refractivity contribution in [1.82, 2.24) is 4.98 Å². The Morgan fingerprint density at radius 3 is 2.93 bits per heavy atom. The van der Waals surface area contributed by atoms with E-state index in [1.165, 1.54) is 12.8 Å². The van der Waals surface area contributed by atoms with Gasteiger partial charge in [0.15, 0.2) is 0 Å². The Morgan fingerprint density at radius 2 is 2.29 bits per heavy atom. The highest BCUT2D eigenvalue weighted by Gasteiger charge is 2.06. The lowest BCUT2D eigenvalue weighted by Gasteiger charge is -2.11. The zero-order valence-electron chi connectivity index (χ0n) is 8.74. The SMILES string of the molecule is CCCCC(N)Cc1cccnc1N. The first-order valence-electron chi connectivity index (χ1n) is 5.19. The summed E-state index contributed by atoms with van der Waals surface area (Å²) in [5.74, 6) is 0.611. The number of hydrogen-bond donors (Lipinski definition) is 2. The van der Waals surface area contributed by atoms with Crippen LogP contribution in [0.4, 0.5) is 5.82 Å². The van der Waals surface area contributed by atoms with Crippen LogP contribution in [0.15, 0.2) is 18.3 Å². The van der Waals surface area contributed by atoms with Crippen molar-refractivity contribution in [1.29, 1.82) is 0 Å². The lowest BCUT2D eigenvalue weighted by atomic mass is 10.0. The zero-order valence-corrected chi connectivity index (χ0v) is 8.74. The molecule has 1 rings (SSSR count). The fourth-order valence-corrected chi connectivity index (χ4v) is 1.47. The summed E-state index contributed by atoms with van der Waals surface area (Å²) in [7, 11) is 0. The maximum atomic E-state index is 5.98. The molecule has 0 aliphatic heterocycles. The summed E-state index contributed by atoms with van der Waals surface area (Å²) in [4.78, 5) is 4.03. The van der Waals surface area contributed by atoms with Gasteiger partial charge in [-0.1, -0.05) is 25.8 Å². The van der Waals surface area contributed by atoms with E-state index in [-0.39, 0.29) is 6.04 Å². The molecule has 14 heavy (non-hydrogen) atoms. The second kappa shape index (κ2) is 5.60. The lowest BCUT2D eigenvalue weighted by Crippen LogP contribution is -2.23. The molecule has 3 nitrogen and oxygen atoms in total. The second-order valence-electron chi connectivity index (χ2n) is 3.65. The van der Waals surface area contributed by atoms with Gasteiger partial charge in [0.1, 0.15) is 5.82 Å². The third kappa shape index (κ3) is 3.34. The summed E-state index contributed by atoms with van der Waals surface area (Å²) in [6.07, 6.45) is 5.97. The minimum atomic E-state index is 0.210. The standard InChI is InChI=1S/C11H19N3/c1-2-3-6-10(12)8-9-5-4-7-14-11(9)13/h4-5,7,10H,2-3,6,8,12H2,1H3,(H2,13,14). The van der Waals surface area contributed by atoms with Crippen LogP contribution in [-0.4, -0.2) is 11.0 Å². The molecule has 0 bridgehead atoms. The third-order valence-corrected chi connectivity index (χ3v) is 2.34. The molecule has 0 fully saturated rings. The molecule has 0 aliphatic carbocycles. The highest BCUT2D eigenvalue weighted by molar-refractivity contribution is 5.38. The monoisotopic (exact) mass is 193 g/mol. The summed E-state index contributed by atoms with van der Waals surface area (Å²) in [5, 5.41) is 0. The van der Waals surface area contributed by atoms with Crippen LogP contribution < -0.4 is 11.5 Å². The van der Waals surface area contributed by atoms with E-state index in [9.17, 15) is 0 Å². The number of anilines is 1. The molecule has 3 heteroatoms. The van der Waals surface area contributed by atoms with Crippen molar-refractivity contribution >= 4 is 5.82 Å². The van der Waals surface area contributed by atoms with Crippen molar-refractivity contribution in [2.24, 2.45) is 5.73 Å². The van der Waals surface area contributed by atoms with Crippen LogP contribution in [0.3, 0.4) is 0 Å². The molecule has 0 aromatic carbocycles. The van der Waals surface area contributed by atoms with Crippen molar-refractivity contribution in [2.75, 3.05) is 5.73 Å². The highest BCUT2D eigenvalue weighted by Crippen LogP contribution is 2.11. The molecule has 1 atom stereocenters. The molecule has 4 N–H and O–H groups in total. The first kappa shape index (κ1) is 11.0. The van der Waals surface area contributed by atoms with Crippen molar-refractivity contribution in [2.45, 2.75) is 38.6 Å². The number of pyridine rings is 1. The van der Waals surface area contributed by atoms with Gasteiger partial charge in [-0.05, 0) is 24.5 Å². The Bertz CT molecular complexity index is 273. The molecule has 0 amide bonds. The summed E-state index contributed by atoms with van der Waals surface area (Å²) >= 11 is 0. The normalized spacial score (nSPS) is 12.7. The molecule has 0 radical (unpaired) electrons. The van der Waals surface area contributed by atoms with E-state index in [1.807, 2.05) is 12.1 Å². The summed E-state index contributed by atoms with van der Waals surface area (Å²) < 4.78 is 0. The molecule has 1 aromatic heterocycles. The van der Waals surface area contributed by atoms with Crippen molar-refractivity contribution in [3.8, 4) is 0 Å². The predicted molar refractivity (Wildman–Crippen MR) is 59.9 cm³/mol. The van der Waals surface area contributed by atoms with Crippen LogP contribution in [0.5, 0.6) is 0 Å². The Kier molecular flexibility index (Phi) is 4.40. The Morgan fingerprint density at radius 1 is 1.50 bits per heavy atom. The van der Waals surface area contributed by atoms with Gasteiger partial charge in [0.05, 0.1) is 0 Å². The molecule has 1 unspecified atom stereocenters. The predicted octanol–water partition coefficient (Wildman–Crippen LogP) is 1.72. The van der Waals surface area contributed by atoms with Gasteiger partial charge in [-0.25, -0.2) is 4.98 Å². The maximum Gasteiger partial charge on any atom is 0.126 e. The van der Waals surface area contributed by atoms with Gasteiger partial charge in [-0.2, -0.15) is 0 Å². The molecule has 0 aliphatic rings. The van der Waals surface area contributed by atoms with E-state index in [0.29, 0.717) is 5.82 Å². The van der Waals surface area contributed by atoms with E-state index >= 15 is 0 Å². The molecular weight excluding hydrogens is 174 g/mol. The molecule has 1 heterocycles. The minimum absolute atomic E-state index is 0.210. The average molecular weight is 193 g/mol. The number of unbranched alkanes of at least 4 members (excludes halogenated alkanes) is 1. The van der Waals surface area contributed by atoms with Crippen molar-refractivity contribution in [3.63, 3.8) is 0 Å². The van der Waals surface area contributed by atoms with Gasteiger partial charge < -0.3 is 11.5 Å². The molecule has 0 spiro atoms. The number of rotatable bonds is 5. The smallest absolute Gasteiger partial charge is 0.126 e. The third-order valence-electron chi connectivity index (χ3n) is 2.34. The van der Waals surface area contributed by atoms with Gasteiger partial charge >= 0.3 is 0 Å². The lowest BCUT2D eigenvalue weighted by molar-refractivity contribution is 0.574. The van der Waals surface area contributed by atoms with Crippen LogP contribution in [0, 0.1) is 0 Å². The van der Waals surface area contributed by atoms with Crippen molar-refractivity contribution < 1.29 is 0 Å². The van der Waals surface area contributed by atoms with Gasteiger partial charge in [-0.3, -0.25) is 0 Å². The van der Waals surface area contributed by atoms with Gasteiger partial charge in [-0.15, -0.1) is 0 Å². The Labute approximate surface area is 85.5 Å². The summed E-state index contributed by atoms with van der Waals surface area (Å²) in [5.41, 5.74) is 12.8. The molecule has 78 valence electrons. The number of nitrogens with two attached hydrogens (primary N) is 2. The summed E-state index contributed by atoms with van der Waals surface area (Å²) in [6.45, 7) is 2.17. The van der Waals surface area contributed by atoms with Crippen LogP contribution in [0.25, 0.3) is 0 Å². The van der Waals surface area contributed by atoms with E-state index < -0.39 is 0 Å². The van der Waals surface area contributed by atoms with E-state index in [1.54, 1.807) is 6.20 Å². The van der Waals surface area contributed by atoms with Crippen LogP contribution >= 0.6 is 0 Å². The first-order valence-corrected chi connectivity index (χ1v) is 5.19. The maximum absolute atomic E-state index is 5.98. The van der Waals surface area contributed by atoms with Gasteiger partial charge in [0.25, 0.3) is 0 Å². The zero-order chi connectivity index (χ0) is 10.4. The summed E-state index contributed by atoms with van der Waals surface area (Å²) in [6, 6.07) is 4.10. The molecule has 0 saturated carbocycles. The largest absolute Gasteiger partial charge is 0.383 e. The highest BCUT2D eigenvalue weighted by atomic mass is 14.8. The number of nitrogens with zero attached hydrogens (tertiary/aromatic N) is 1. The fraction of sp³-hybridized carbons (Fsp3) is 0.545. The van der Waals surface area contributed by atoms with Crippen LogP contribution in [-0.2, 0) is 6.42 Å². The number of nitrogen functional groups attached to an aromatic ring is 1. The first-order chi connectivity index (χ1) is 6.74. The van der Waals surface area contributed by atoms with E-state index in [0.717, 1.165) is 18.4 Å². The van der Waals surface area contributed by atoms with Gasteiger partial charge in [0, 0.05) is 12.2 Å². The van der Waals surface area contributed by atoms with Crippen LogP contribution in [0.1, 0.15) is 31.7 Å². The van der Waals surface area contributed by atoms with Crippen molar-refractivity contribution in [3.05, 3.63) is 23.9 Å². The van der Waals surface area contributed by atoms with E-state index in [4.69, 9.17) is 11.5 Å². The number of hydrogen-bond acceptors (Lipinski definition) is 3. The topological polar surface area (TPSA) is 64.9 Å². The molecule has 1 aromatic rings. The van der Waals surface area contributed by atoms with Gasteiger partial charge in [0.2, 0.25) is 0 Å². The quantitative estimate of drug-likeness (QED) is 0.748. The second-order valence-corrected chi connectivity index (χ2v) is 3.65. The average Bonchev–Trinajstić information content (AvgIpc) is 2.18. The number of aromatic nitrogens is 1. The minimum Gasteiger partial charge on any atom is -0.383 e.